The summed E-state index contributed by atoms with van der Waals surface area (Å²) in [7, 11) is 1.24. The van der Waals surface area contributed by atoms with Crippen molar-refractivity contribution >= 4 is 23.5 Å². The second-order valence-electron chi connectivity index (χ2n) is 4.57. The molecule has 23 heavy (non-hydrogen) atoms. The number of amides is 1. The number of esters is 1. The lowest BCUT2D eigenvalue weighted by Crippen LogP contribution is -2.22. The quantitative estimate of drug-likeness (QED) is 0.778. The molecule has 2 aromatic rings. The first-order chi connectivity index (χ1) is 10.9. The van der Waals surface area contributed by atoms with E-state index in [0.29, 0.717) is 5.69 Å². The Morgan fingerprint density at radius 2 is 2.00 bits per heavy atom. The largest absolute Gasteiger partial charge is 0.476 e. The Hall–Kier alpha value is -3.23. The van der Waals surface area contributed by atoms with Crippen molar-refractivity contribution in [1.82, 2.24) is 15.0 Å². The van der Waals surface area contributed by atoms with E-state index in [0.717, 1.165) is 0 Å². The van der Waals surface area contributed by atoms with Crippen molar-refractivity contribution in [3.8, 4) is 0 Å². The number of methoxy groups -OCH3 is 1. The molecule has 0 spiro atoms. The van der Waals surface area contributed by atoms with Crippen molar-refractivity contribution in [2.24, 2.45) is 0 Å². The Morgan fingerprint density at radius 3 is 2.61 bits per heavy atom. The summed E-state index contributed by atoms with van der Waals surface area (Å²) < 4.78 is 5.81. The van der Waals surface area contributed by atoms with Crippen LogP contribution in [0.5, 0.6) is 0 Å². The van der Waals surface area contributed by atoms with Gasteiger partial charge in [-0.25, -0.2) is 14.3 Å². The Labute approximate surface area is 130 Å². The first-order valence-electron chi connectivity index (χ1n) is 6.54. The second kappa shape index (κ2) is 6.69. The number of para-hydroxylation sites is 1. The summed E-state index contributed by atoms with van der Waals surface area (Å²) in [5.74, 6) is -2.28. The van der Waals surface area contributed by atoms with Gasteiger partial charge in [0.25, 0.3) is 0 Å². The monoisotopic (exact) mass is 318 g/mol. The summed E-state index contributed by atoms with van der Waals surface area (Å²) in [6.45, 7) is 1.26. The number of benzene rings is 1. The summed E-state index contributed by atoms with van der Waals surface area (Å²) in [6, 6.07) is 6.37. The predicted molar refractivity (Wildman–Crippen MR) is 78.1 cm³/mol. The van der Waals surface area contributed by atoms with Crippen LogP contribution in [0.4, 0.5) is 5.69 Å². The fourth-order valence-corrected chi connectivity index (χ4v) is 1.91. The molecule has 2 rings (SSSR count). The third-order valence-corrected chi connectivity index (χ3v) is 3.08. The van der Waals surface area contributed by atoms with E-state index in [1.807, 2.05) is 0 Å². The van der Waals surface area contributed by atoms with Gasteiger partial charge in [-0.3, -0.25) is 4.79 Å². The first kappa shape index (κ1) is 16.1. The Kier molecular flexibility index (Phi) is 4.69. The number of carbonyl (C=O) groups excluding carboxylic acids is 2. The van der Waals surface area contributed by atoms with Crippen molar-refractivity contribution in [1.29, 1.82) is 0 Å². The molecule has 0 unspecified atom stereocenters. The lowest BCUT2D eigenvalue weighted by atomic mass is 10.2. The van der Waals surface area contributed by atoms with Gasteiger partial charge < -0.3 is 15.2 Å². The van der Waals surface area contributed by atoms with Gasteiger partial charge in [0.15, 0.2) is 5.69 Å². The zero-order valence-corrected chi connectivity index (χ0v) is 12.4. The molecule has 0 aliphatic rings. The number of carboxylic acid groups (broad SMARTS) is 1. The summed E-state index contributed by atoms with van der Waals surface area (Å²) in [5.41, 5.74) is 0.548. The highest BCUT2D eigenvalue weighted by Gasteiger charge is 2.18. The lowest BCUT2D eigenvalue weighted by molar-refractivity contribution is -0.117. The highest BCUT2D eigenvalue weighted by atomic mass is 16.5. The number of nitrogens with zero attached hydrogens (tertiary/aromatic N) is 3. The summed E-state index contributed by atoms with van der Waals surface area (Å²) in [6.07, 6.45) is 0. The number of hydrogen-bond acceptors (Lipinski definition) is 6. The van der Waals surface area contributed by atoms with E-state index in [9.17, 15) is 14.4 Å². The Bertz CT molecular complexity index is 768. The lowest BCUT2D eigenvalue weighted by Gasteiger charge is -2.10. The van der Waals surface area contributed by atoms with Crippen molar-refractivity contribution < 1.29 is 24.2 Å². The van der Waals surface area contributed by atoms with Gasteiger partial charge in [-0.1, -0.05) is 17.3 Å². The zero-order chi connectivity index (χ0) is 17.0. The molecule has 120 valence electrons. The highest BCUT2D eigenvalue weighted by Crippen LogP contribution is 2.16. The minimum absolute atomic E-state index is 0.213. The van der Waals surface area contributed by atoms with E-state index < -0.39 is 17.8 Å². The predicted octanol–water partition coefficient (Wildman–Crippen LogP) is 0.710. The number of aromatic nitrogens is 3. The van der Waals surface area contributed by atoms with Gasteiger partial charge in [-0.15, -0.1) is 5.10 Å². The van der Waals surface area contributed by atoms with Crippen LogP contribution in [0.25, 0.3) is 0 Å². The Morgan fingerprint density at radius 1 is 1.30 bits per heavy atom. The van der Waals surface area contributed by atoms with Crippen LogP contribution >= 0.6 is 0 Å². The maximum atomic E-state index is 12.1. The van der Waals surface area contributed by atoms with Gasteiger partial charge in [-0.2, -0.15) is 0 Å². The van der Waals surface area contributed by atoms with Crippen LogP contribution in [0.15, 0.2) is 24.3 Å². The molecule has 9 heteroatoms. The molecule has 1 heterocycles. The fourth-order valence-electron chi connectivity index (χ4n) is 1.91. The van der Waals surface area contributed by atoms with Crippen LogP contribution in [0.2, 0.25) is 0 Å². The number of hydrogen-bond donors (Lipinski definition) is 2. The Balaban J connectivity index is 2.15. The second-order valence-corrected chi connectivity index (χ2v) is 4.57. The molecule has 0 atom stereocenters. The van der Waals surface area contributed by atoms with E-state index >= 15 is 0 Å². The van der Waals surface area contributed by atoms with Crippen LogP contribution in [0.1, 0.15) is 26.5 Å². The van der Waals surface area contributed by atoms with Crippen LogP contribution < -0.4 is 5.32 Å². The van der Waals surface area contributed by atoms with Gasteiger partial charge in [0.05, 0.1) is 24.1 Å². The molecule has 9 nitrogen and oxygen atoms in total. The molecule has 0 saturated heterocycles. The molecule has 1 aromatic carbocycles. The highest BCUT2D eigenvalue weighted by molar-refractivity contribution is 6.01. The molecular weight excluding hydrogens is 304 g/mol. The number of ether oxygens (including phenoxy) is 1. The third-order valence-electron chi connectivity index (χ3n) is 3.08. The van der Waals surface area contributed by atoms with Crippen molar-refractivity contribution in [2.75, 3.05) is 12.4 Å². The first-order valence-corrected chi connectivity index (χ1v) is 6.54. The number of anilines is 1. The SMILES string of the molecule is COC(=O)c1ccccc1NC(=O)Cn1nnc(C(=O)O)c1C. The molecule has 2 N–H and O–H groups in total. The molecule has 1 aromatic heterocycles. The van der Waals surface area contributed by atoms with Gasteiger partial charge >= 0.3 is 11.9 Å². The van der Waals surface area contributed by atoms with Crippen molar-refractivity contribution in [2.45, 2.75) is 13.5 Å². The summed E-state index contributed by atoms with van der Waals surface area (Å²) >= 11 is 0. The molecule has 0 aliphatic heterocycles. The van der Waals surface area contributed by atoms with Crippen LogP contribution in [-0.4, -0.2) is 45.1 Å². The molecule has 1 amide bonds. The standard InChI is InChI=1S/C14H14N4O5/c1-8-12(13(20)21)16-17-18(8)7-11(19)15-10-6-4-3-5-9(10)14(22)23-2/h3-6H,7H2,1-2H3,(H,15,19)(H,20,21). The van der Waals surface area contributed by atoms with Gasteiger partial charge in [0.1, 0.15) is 6.54 Å². The summed E-state index contributed by atoms with van der Waals surface area (Å²) in [4.78, 5) is 34.6. The van der Waals surface area contributed by atoms with E-state index in [2.05, 4.69) is 20.4 Å². The van der Waals surface area contributed by atoms with E-state index in [-0.39, 0.29) is 23.5 Å². The fraction of sp³-hybridized carbons (Fsp3) is 0.214. The normalized spacial score (nSPS) is 10.2. The summed E-state index contributed by atoms with van der Waals surface area (Å²) in [5, 5.41) is 18.6. The van der Waals surface area contributed by atoms with Crippen LogP contribution in [-0.2, 0) is 16.1 Å². The van der Waals surface area contributed by atoms with Crippen molar-refractivity contribution in [3.05, 3.63) is 41.2 Å². The molecule has 0 aliphatic carbocycles. The smallest absolute Gasteiger partial charge is 0.358 e. The van der Waals surface area contributed by atoms with Gasteiger partial charge in [0, 0.05) is 0 Å². The van der Waals surface area contributed by atoms with Gasteiger partial charge in [-0.05, 0) is 19.1 Å². The zero-order valence-electron chi connectivity index (χ0n) is 12.4. The van der Waals surface area contributed by atoms with Gasteiger partial charge in [0.2, 0.25) is 5.91 Å². The van der Waals surface area contributed by atoms with E-state index in [1.165, 1.54) is 24.8 Å². The maximum Gasteiger partial charge on any atom is 0.358 e. The topological polar surface area (TPSA) is 123 Å². The molecular formula is C14H14N4O5. The molecule has 0 bridgehead atoms. The third kappa shape index (κ3) is 3.51. The number of carbonyl (C=O) groups is 3. The minimum Gasteiger partial charge on any atom is -0.476 e. The van der Waals surface area contributed by atoms with Crippen molar-refractivity contribution in [3.63, 3.8) is 0 Å². The molecule has 0 radical (unpaired) electrons. The number of nitrogens with one attached hydrogen (secondary N) is 1. The van der Waals surface area contributed by atoms with Crippen LogP contribution in [0.3, 0.4) is 0 Å². The number of carboxylic acids is 1. The van der Waals surface area contributed by atoms with Crippen LogP contribution in [0, 0.1) is 6.92 Å². The molecule has 0 saturated carbocycles. The van der Waals surface area contributed by atoms with E-state index in [1.54, 1.807) is 18.2 Å². The number of aromatic carboxylic acids is 1. The minimum atomic E-state index is -1.22. The number of rotatable bonds is 5. The average molecular weight is 318 g/mol. The van der Waals surface area contributed by atoms with E-state index in [4.69, 9.17) is 5.11 Å². The molecule has 0 fully saturated rings. The average Bonchev–Trinajstić information content (AvgIpc) is 2.88. The maximum absolute atomic E-state index is 12.1.